The minimum absolute atomic E-state index is 0.0310. The first-order valence-corrected chi connectivity index (χ1v) is 7.84. The fourth-order valence-corrected chi connectivity index (χ4v) is 4.64. The van der Waals surface area contributed by atoms with E-state index in [4.69, 9.17) is 0 Å². The lowest BCUT2D eigenvalue weighted by Crippen LogP contribution is -2.19. The van der Waals surface area contributed by atoms with Crippen molar-refractivity contribution in [2.45, 2.75) is 18.6 Å². The zero-order valence-corrected chi connectivity index (χ0v) is 12.5. The van der Waals surface area contributed by atoms with Gasteiger partial charge in [0.25, 0.3) is 0 Å². The Morgan fingerprint density at radius 3 is 1.85 bits per heavy atom. The summed E-state index contributed by atoms with van der Waals surface area (Å²) in [4.78, 5) is 0. The molecule has 0 unspecified atom stereocenters. The molecule has 0 N–H and O–H groups in total. The molecule has 0 radical (unpaired) electrons. The Labute approximate surface area is 124 Å². The summed E-state index contributed by atoms with van der Waals surface area (Å²) in [5.41, 5.74) is 8.38. The highest BCUT2D eigenvalue weighted by Crippen LogP contribution is 2.58. The Kier molecular flexibility index (Phi) is 2.49. The van der Waals surface area contributed by atoms with Crippen molar-refractivity contribution in [1.29, 1.82) is 0 Å². The van der Waals surface area contributed by atoms with E-state index >= 15 is 0 Å². The molecule has 1 aliphatic carbocycles. The molecule has 4 rings (SSSR count). The number of hydrogen-bond donors (Lipinski definition) is 0. The van der Waals surface area contributed by atoms with Crippen molar-refractivity contribution >= 4 is 11.8 Å². The highest BCUT2D eigenvalue weighted by atomic mass is 32.2. The number of allylic oxidation sites excluding steroid dienone is 2. The first-order chi connectivity index (χ1) is 9.72. The molecule has 2 aromatic carbocycles. The lowest BCUT2D eigenvalue weighted by molar-refractivity contribution is 0.960. The van der Waals surface area contributed by atoms with Crippen LogP contribution < -0.4 is 0 Å². The van der Waals surface area contributed by atoms with Crippen LogP contribution in [0.25, 0.3) is 11.1 Å². The van der Waals surface area contributed by atoms with Crippen LogP contribution in [0.3, 0.4) is 0 Å². The fraction of sp³-hybridized carbons (Fsp3) is 0.158. The van der Waals surface area contributed by atoms with Crippen LogP contribution in [0.15, 0.2) is 71.2 Å². The van der Waals surface area contributed by atoms with Gasteiger partial charge >= 0.3 is 0 Å². The summed E-state index contributed by atoms with van der Waals surface area (Å²) >= 11 is 1.93. The van der Waals surface area contributed by atoms with E-state index < -0.39 is 0 Å². The normalized spacial score (nSPS) is 18.3. The molecule has 0 saturated heterocycles. The van der Waals surface area contributed by atoms with Gasteiger partial charge in [0.1, 0.15) is 0 Å². The van der Waals surface area contributed by atoms with Gasteiger partial charge in [-0.25, -0.2) is 0 Å². The number of thioether (sulfide) groups is 1. The highest BCUT2D eigenvalue weighted by molar-refractivity contribution is 8.03. The van der Waals surface area contributed by atoms with E-state index in [2.05, 4.69) is 73.9 Å². The number of hydrogen-bond acceptors (Lipinski definition) is 1. The van der Waals surface area contributed by atoms with E-state index in [1.807, 2.05) is 11.8 Å². The second-order valence-corrected chi connectivity index (χ2v) is 6.69. The van der Waals surface area contributed by atoms with Crippen LogP contribution in [0.5, 0.6) is 0 Å². The quantitative estimate of drug-likeness (QED) is 0.611. The van der Waals surface area contributed by atoms with E-state index in [1.165, 1.54) is 33.4 Å². The van der Waals surface area contributed by atoms with Crippen LogP contribution in [-0.2, 0) is 4.75 Å². The minimum atomic E-state index is -0.0310. The summed E-state index contributed by atoms with van der Waals surface area (Å²) in [5.74, 6) is 0. The minimum Gasteiger partial charge on any atom is -0.113 e. The zero-order chi connectivity index (χ0) is 13.7. The predicted molar refractivity (Wildman–Crippen MR) is 87.8 cm³/mol. The maximum atomic E-state index is 2.44. The van der Waals surface area contributed by atoms with Crippen molar-refractivity contribution in [3.8, 4) is 11.1 Å². The van der Waals surface area contributed by atoms with E-state index in [-0.39, 0.29) is 4.75 Å². The second-order valence-electron chi connectivity index (χ2n) is 5.57. The molecule has 0 bridgehead atoms. The molecular formula is C19H16S. The fourth-order valence-electron chi connectivity index (χ4n) is 3.24. The Morgan fingerprint density at radius 2 is 1.30 bits per heavy atom. The van der Waals surface area contributed by atoms with Gasteiger partial charge in [-0.15, -0.1) is 11.8 Å². The van der Waals surface area contributed by atoms with Gasteiger partial charge in [-0.2, -0.15) is 0 Å². The molecule has 20 heavy (non-hydrogen) atoms. The smallest absolute Gasteiger partial charge is 0.0896 e. The molecule has 2 aliphatic rings. The van der Waals surface area contributed by atoms with Crippen LogP contribution in [0.1, 0.15) is 25.0 Å². The van der Waals surface area contributed by atoms with Crippen LogP contribution in [0, 0.1) is 0 Å². The van der Waals surface area contributed by atoms with Gasteiger partial charge in [-0.1, -0.05) is 54.6 Å². The largest absolute Gasteiger partial charge is 0.113 e. The van der Waals surface area contributed by atoms with Gasteiger partial charge in [0.05, 0.1) is 4.75 Å². The topological polar surface area (TPSA) is 0 Å². The van der Waals surface area contributed by atoms with E-state index in [1.54, 1.807) is 0 Å². The molecule has 2 aromatic rings. The lowest BCUT2D eigenvalue weighted by Gasteiger charge is -2.31. The average Bonchev–Trinajstić information content (AvgIpc) is 2.75. The van der Waals surface area contributed by atoms with Gasteiger partial charge in [0.2, 0.25) is 0 Å². The number of benzene rings is 2. The molecule has 0 atom stereocenters. The summed E-state index contributed by atoms with van der Waals surface area (Å²) in [6, 6.07) is 17.6. The highest BCUT2D eigenvalue weighted by Gasteiger charge is 2.42. The van der Waals surface area contributed by atoms with Gasteiger partial charge in [0.15, 0.2) is 0 Å². The molecule has 1 aliphatic heterocycles. The first-order valence-electron chi connectivity index (χ1n) is 6.96. The molecule has 0 saturated carbocycles. The Hall–Kier alpha value is -1.73. The molecule has 0 nitrogen and oxygen atoms in total. The van der Waals surface area contributed by atoms with Crippen LogP contribution >= 0.6 is 11.8 Å². The molecule has 1 heteroatoms. The van der Waals surface area contributed by atoms with Crippen LogP contribution in [-0.4, -0.2) is 0 Å². The summed E-state index contributed by atoms with van der Waals surface area (Å²) in [6.45, 7) is 4.41. The van der Waals surface area contributed by atoms with Gasteiger partial charge in [-0.05, 0) is 52.7 Å². The SMILES string of the molecule is CC1=CSC2(C=C1C)c1ccccc1-c1ccccc12. The lowest BCUT2D eigenvalue weighted by atomic mass is 9.92. The third-order valence-corrected chi connectivity index (χ3v) is 5.81. The van der Waals surface area contributed by atoms with Crippen molar-refractivity contribution in [3.63, 3.8) is 0 Å². The Balaban J connectivity index is 2.07. The van der Waals surface area contributed by atoms with Crippen molar-refractivity contribution in [2.24, 2.45) is 0 Å². The van der Waals surface area contributed by atoms with Crippen molar-refractivity contribution in [2.75, 3.05) is 0 Å². The maximum Gasteiger partial charge on any atom is 0.0896 e. The first kappa shape index (κ1) is 12.0. The van der Waals surface area contributed by atoms with Crippen LogP contribution in [0.2, 0.25) is 0 Å². The Bertz CT molecular complexity index is 719. The molecule has 1 heterocycles. The third-order valence-electron chi connectivity index (χ3n) is 4.41. The zero-order valence-electron chi connectivity index (χ0n) is 11.7. The van der Waals surface area contributed by atoms with E-state index in [0.717, 1.165) is 0 Å². The molecule has 0 aromatic heterocycles. The van der Waals surface area contributed by atoms with Crippen molar-refractivity contribution in [3.05, 3.63) is 82.3 Å². The van der Waals surface area contributed by atoms with Crippen LogP contribution in [0.4, 0.5) is 0 Å². The van der Waals surface area contributed by atoms with E-state index in [9.17, 15) is 0 Å². The number of rotatable bonds is 0. The summed E-state index contributed by atoms with van der Waals surface area (Å²) in [5, 5.41) is 2.31. The monoisotopic (exact) mass is 276 g/mol. The molecule has 0 amide bonds. The summed E-state index contributed by atoms with van der Waals surface area (Å²) < 4.78 is -0.0310. The van der Waals surface area contributed by atoms with Crippen molar-refractivity contribution in [1.82, 2.24) is 0 Å². The summed E-state index contributed by atoms with van der Waals surface area (Å²) in [7, 11) is 0. The van der Waals surface area contributed by atoms with Gasteiger partial charge in [-0.3, -0.25) is 0 Å². The molecule has 98 valence electrons. The molecule has 0 fully saturated rings. The number of fused-ring (bicyclic) bond motifs is 5. The standard InChI is InChI=1S/C19H16S/c1-13-11-19(20-12-14(13)2)17-9-5-3-7-15(17)16-8-4-6-10-18(16)19/h3-12H,1-2H3. The second kappa shape index (κ2) is 4.13. The average molecular weight is 276 g/mol. The predicted octanol–water partition coefficient (Wildman–Crippen LogP) is 5.51. The van der Waals surface area contributed by atoms with Gasteiger partial charge in [0, 0.05) is 0 Å². The Morgan fingerprint density at radius 1 is 0.750 bits per heavy atom. The molecule has 1 spiro atoms. The summed E-state index contributed by atoms with van der Waals surface area (Å²) in [6.07, 6.45) is 2.44. The molecular weight excluding hydrogens is 260 g/mol. The van der Waals surface area contributed by atoms with Gasteiger partial charge < -0.3 is 0 Å². The van der Waals surface area contributed by atoms with E-state index in [0.29, 0.717) is 0 Å². The third kappa shape index (κ3) is 1.44. The van der Waals surface area contributed by atoms with Crippen molar-refractivity contribution < 1.29 is 0 Å². The maximum absolute atomic E-state index is 2.44.